The van der Waals surface area contributed by atoms with Crippen molar-refractivity contribution in [3.05, 3.63) is 65.7 Å². The van der Waals surface area contributed by atoms with Gasteiger partial charge in [-0.05, 0) is 29.8 Å². The van der Waals surface area contributed by atoms with Gasteiger partial charge in [0.1, 0.15) is 0 Å². The minimum absolute atomic E-state index is 0.0536. The number of aliphatic hydroxyl groups excluding tert-OH is 1. The van der Waals surface area contributed by atoms with Crippen LogP contribution in [0.1, 0.15) is 32.4 Å². The number of anilines is 2. The Labute approximate surface area is 162 Å². The van der Waals surface area contributed by atoms with Crippen LogP contribution in [-0.2, 0) is 14.4 Å². The number of ketones is 1. The third-order valence-corrected chi connectivity index (χ3v) is 4.44. The molecule has 7 heteroatoms. The van der Waals surface area contributed by atoms with E-state index in [4.69, 9.17) is 0 Å². The van der Waals surface area contributed by atoms with Crippen molar-refractivity contribution >= 4 is 29.0 Å². The van der Waals surface area contributed by atoms with Crippen LogP contribution in [-0.4, -0.2) is 27.7 Å². The first-order valence-corrected chi connectivity index (χ1v) is 8.89. The molecule has 1 unspecified atom stereocenters. The molecule has 2 heterocycles. The van der Waals surface area contributed by atoms with Crippen LogP contribution in [0.4, 0.5) is 11.4 Å². The number of rotatable bonds is 5. The summed E-state index contributed by atoms with van der Waals surface area (Å²) in [6, 6.07) is 9.34. The molecule has 1 aromatic heterocycles. The number of nitrogens with zero attached hydrogens (tertiary/aromatic N) is 2. The molecular formula is C21H21N3O4. The fourth-order valence-electron chi connectivity index (χ4n) is 3.22. The molecule has 1 aliphatic rings. The normalized spacial score (nSPS) is 16.6. The van der Waals surface area contributed by atoms with Gasteiger partial charge in [0.2, 0.25) is 5.91 Å². The second-order valence-corrected chi connectivity index (χ2v) is 6.88. The number of pyridine rings is 1. The number of aliphatic hydroxyl groups is 1. The number of carbonyl (C=O) groups is 3. The number of hydrogen-bond acceptors (Lipinski definition) is 5. The summed E-state index contributed by atoms with van der Waals surface area (Å²) in [6.07, 6.45) is 3.16. The zero-order valence-electron chi connectivity index (χ0n) is 15.8. The van der Waals surface area contributed by atoms with E-state index in [-0.39, 0.29) is 17.3 Å². The lowest BCUT2D eigenvalue weighted by Gasteiger charge is -2.27. The first-order valence-electron chi connectivity index (χ1n) is 8.89. The fourth-order valence-corrected chi connectivity index (χ4v) is 3.22. The molecule has 1 atom stereocenters. The van der Waals surface area contributed by atoms with E-state index in [2.05, 4.69) is 10.3 Å². The summed E-state index contributed by atoms with van der Waals surface area (Å²) in [5.74, 6) is -2.17. The molecule has 0 radical (unpaired) electrons. The highest BCUT2D eigenvalue weighted by Crippen LogP contribution is 2.42. The van der Waals surface area contributed by atoms with Gasteiger partial charge in [-0.15, -0.1) is 0 Å². The Bertz CT molecular complexity index is 967. The van der Waals surface area contributed by atoms with E-state index in [1.54, 1.807) is 62.6 Å². The fraction of sp³-hybridized carbons (Fsp3) is 0.238. The maximum atomic E-state index is 12.9. The molecule has 0 fully saturated rings. The zero-order chi connectivity index (χ0) is 20.4. The zero-order valence-corrected chi connectivity index (χ0v) is 15.8. The summed E-state index contributed by atoms with van der Waals surface area (Å²) in [6.45, 7) is 4.82. The first kappa shape index (κ1) is 19.3. The SMILES string of the molecule is CC(=O)Nc1cccc(N2C(=O)C(O)=C(C(=O)C(C)C)C2c2cccnc2)c1. The Morgan fingerprint density at radius 1 is 1.21 bits per heavy atom. The van der Waals surface area contributed by atoms with Crippen molar-refractivity contribution in [2.45, 2.75) is 26.8 Å². The predicted molar refractivity (Wildman–Crippen MR) is 105 cm³/mol. The van der Waals surface area contributed by atoms with E-state index in [0.29, 0.717) is 16.9 Å². The van der Waals surface area contributed by atoms with E-state index in [1.165, 1.54) is 11.8 Å². The molecule has 0 saturated carbocycles. The molecule has 1 aromatic carbocycles. The molecule has 1 aliphatic heterocycles. The van der Waals surface area contributed by atoms with Gasteiger partial charge in [-0.1, -0.05) is 26.0 Å². The second-order valence-electron chi connectivity index (χ2n) is 6.88. The van der Waals surface area contributed by atoms with Crippen LogP contribution >= 0.6 is 0 Å². The van der Waals surface area contributed by atoms with Crippen molar-refractivity contribution in [1.82, 2.24) is 4.98 Å². The predicted octanol–water partition coefficient (Wildman–Crippen LogP) is 3.17. The Balaban J connectivity index is 2.14. The van der Waals surface area contributed by atoms with Gasteiger partial charge < -0.3 is 10.4 Å². The number of benzene rings is 1. The second kappa shape index (κ2) is 7.64. The van der Waals surface area contributed by atoms with Crippen LogP contribution in [0.25, 0.3) is 0 Å². The van der Waals surface area contributed by atoms with Gasteiger partial charge in [-0.2, -0.15) is 0 Å². The highest BCUT2D eigenvalue weighted by molar-refractivity contribution is 6.17. The van der Waals surface area contributed by atoms with Crippen LogP contribution in [0.3, 0.4) is 0 Å². The number of amides is 2. The summed E-state index contributed by atoms with van der Waals surface area (Å²) in [4.78, 5) is 42.5. The van der Waals surface area contributed by atoms with Gasteiger partial charge >= 0.3 is 0 Å². The van der Waals surface area contributed by atoms with Crippen molar-refractivity contribution in [3.63, 3.8) is 0 Å². The average Bonchev–Trinajstić information content (AvgIpc) is 2.92. The smallest absolute Gasteiger partial charge is 0.294 e. The Kier molecular flexibility index (Phi) is 5.26. The van der Waals surface area contributed by atoms with Crippen LogP contribution in [0.15, 0.2) is 60.1 Å². The third kappa shape index (κ3) is 3.51. The third-order valence-electron chi connectivity index (χ3n) is 4.44. The standard InChI is InChI=1S/C21H21N3O4/c1-12(2)19(26)17-18(14-6-5-9-22-11-14)24(21(28)20(17)27)16-8-4-7-15(10-16)23-13(3)25/h4-12,18,27H,1-3H3,(H,23,25). The number of aromatic nitrogens is 1. The molecule has 2 aromatic rings. The lowest BCUT2D eigenvalue weighted by molar-refractivity contribution is -0.119. The maximum absolute atomic E-state index is 12.9. The van der Waals surface area contributed by atoms with Crippen LogP contribution in [0.2, 0.25) is 0 Å². The molecule has 2 N–H and O–H groups in total. The quantitative estimate of drug-likeness (QED) is 0.831. The highest BCUT2D eigenvalue weighted by Gasteiger charge is 2.44. The molecule has 0 bridgehead atoms. The van der Waals surface area contributed by atoms with Crippen molar-refractivity contribution in [1.29, 1.82) is 0 Å². The van der Waals surface area contributed by atoms with Gasteiger partial charge in [-0.3, -0.25) is 24.3 Å². The molecule has 28 heavy (non-hydrogen) atoms. The number of nitrogens with one attached hydrogen (secondary N) is 1. The minimum atomic E-state index is -0.802. The average molecular weight is 379 g/mol. The van der Waals surface area contributed by atoms with Gasteiger partial charge in [0.15, 0.2) is 11.5 Å². The summed E-state index contributed by atoms with van der Waals surface area (Å²) in [5.41, 5.74) is 1.61. The van der Waals surface area contributed by atoms with E-state index >= 15 is 0 Å². The van der Waals surface area contributed by atoms with Gasteiger partial charge in [0.25, 0.3) is 5.91 Å². The van der Waals surface area contributed by atoms with Gasteiger partial charge in [0.05, 0.1) is 11.6 Å². The Morgan fingerprint density at radius 2 is 1.96 bits per heavy atom. The first-order chi connectivity index (χ1) is 13.3. The minimum Gasteiger partial charge on any atom is -0.503 e. The monoisotopic (exact) mass is 379 g/mol. The molecule has 0 aliphatic carbocycles. The van der Waals surface area contributed by atoms with Gasteiger partial charge in [-0.25, -0.2) is 0 Å². The van der Waals surface area contributed by atoms with E-state index in [1.807, 2.05) is 0 Å². The molecule has 7 nitrogen and oxygen atoms in total. The molecule has 0 spiro atoms. The van der Waals surface area contributed by atoms with E-state index < -0.39 is 23.6 Å². The van der Waals surface area contributed by atoms with Crippen molar-refractivity contribution in [2.24, 2.45) is 5.92 Å². The van der Waals surface area contributed by atoms with Gasteiger partial charge in [0, 0.05) is 36.6 Å². The largest absolute Gasteiger partial charge is 0.503 e. The maximum Gasteiger partial charge on any atom is 0.294 e. The molecule has 2 amide bonds. The molecule has 0 saturated heterocycles. The summed E-state index contributed by atoms with van der Waals surface area (Å²) >= 11 is 0. The Hall–Kier alpha value is -3.48. The number of hydrogen-bond donors (Lipinski definition) is 2. The van der Waals surface area contributed by atoms with Crippen LogP contribution in [0, 0.1) is 5.92 Å². The van der Waals surface area contributed by atoms with E-state index in [9.17, 15) is 19.5 Å². The summed E-state index contributed by atoms with van der Waals surface area (Å²) in [5, 5.41) is 13.2. The topological polar surface area (TPSA) is 99.6 Å². The lowest BCUT2D eigenvalue weighted by Crippen LogP contribution is -2.31. The number of Topliss-reactive ketones (excluding diaryl/α,β-unsaturated/α-hetero) is 1. The molecule has 3 rings (SSSR count). The number of carbonyl (C=O) groups excluding carboxylic acids is 3. The lowest BCUT2D eigenvalue weighted by atomic mass is 9.92. The van der Waals surface area contributed by atoms with Crippen molar-refractivity contribution < 1.29 is 19.5 Å². The van der Waals surface area contributed by atoms with Crippen molar-refractivity contribution in [3.8, 4) is 0 Å². The van der Waals surface area contributed by atoms with E-state index in [0.717, 1.165) is 0 Å². The molecular weight excluding hydrogens is 358 g/mol. The summed E-state index contributed by atoms with van der Waals surface area (Å²) in [7, 11) is 0. The Morgan fingerprint density at radius 3 is 2.57 bits per heavy atom. The van der Waals surface area contributed by atoms with Crippen LogP contribution in [0.5, 0.6) is 0 Å². The summed E-state index contributed by atoms with van der Waals surface area (Å²) < 4.78 is 0. The highest BCUT2D eigenvalue weighted by atomic mass is 16.3. The van der Waals surface area contributed by atoms with Crippen LogP contribution < -0.4 is 10.2 Å². The molecule has 144 valence electrons. The van der Waals surface area contributed by atoms with Crippen molar-refractivity contribution in [2.75, 3.05) is 10.2 Å².